The summed E-state index contributed by atoms with van der Waals surface area (Å²) in [4.78, 5) is 12.4. The number of rotatable bonds is 46. The molecule has 0 bridgehead atoms. The summed E-state index contributed by atoms with van der Waals surface area (Å²) in [6.07, 6.45) is 71.8. The van der Waals surface area contributed by atoms with Crippen LogP contribution in [-0.4, -0.2) is 34.9 Å². The van der Waals surface area contributed by atoms with Crippen LogP contribution in [-0.2, 0) is 4.79 Å². The lowest BCUT2D eigenvalue weighted by molar-refractivity contribution is -0.123. The van der Waals surface area contributed by atoms with E-state index in [1.54, 1.807) is 6.08 Å². The zero-order valence-corrected chi connectivity index (χ0v) is 39.3. The quantitative estimate of drug-likeness (QED) is 0.0423. The molecule has 0 saturated carbocycles. The maximum absolute atomic E-state index is 12.4. The molecule has 59 heavy (non-hydrogen) atoms. The summed E-state index contributed by atoms with van der Waals surface area (Å²) in [5, 5.41) is 23.1. The van der Waals surface area contributed by atoms with Crippen LogP contribution in [0, 0.1) is 0 Å². The molecule has 0 aromatic heterocycles. The fourth-order valence-electron chi connectivity index (χ4n) is 7.54. The van der Waals surface area contributed by atoms with Crippen molar-refractivity contribution < 1.29 is 15.0 Å². The Labute approximate surface area is 368 Å². The Hall–Kier alpha value is -2.17. The highest BCUT2D eigenvalue weighted by atomic mass is 16.3. The van der Waals surface area contributed by atoms with Crippen LogP contribution in [0.1, 0.15) is 251 Å². The van der Waals surface area contributed by atoms with E-state index in [4.69, 9.17) is 0 Å². The molecule has 3 N–H and O–H groups in total. The van der Waals surface area contributed by atoms with Gasteiger partial charge in [0.15, 0.2) is 0 Å². The van der Waals surface area contributed by atoms with E-state index in [0.29, 0.717) is 6.42 Å². The number of hydrogen-bond acceptors (Lipinski definition) is 3. The molecule has 0 aliphatic carbocycles. The van der Waals surface area contributed by atoms with E-state index in [1.165, 1.54) is 173 Å². The third kappa shape index (κ3) is 46.7. The van der Waals surface area contributed by atoms with Gasteiger partial charge in [-0.15, -0.1) is 0 Å². The number of unbranched alkanes of at least 4 members (excludes halogenated alkanes) is 29. The van der Waals surface area contributed by atoms with Crippen LogP contribution in [0.15, 0.2) is 72.9 Å². The summed E-state index contributed by atoms with van der Waals surface area (Å²) in [6.45, 7) is 4.19. The lowest BCUT2D eigenvalue weighted by Crippen LogP contribution is -2.45. The van der Waals surface area contributed by atoms with Crippen molar-refractivity contribution in [3.05, 3.63) is 72.9 Å². The second-order valence-corrected chi connectivity index (χ2v) is 17.2. The predicted octanol–water partition coefficient (Wildman–Crippen LogP) is 16.6. The second-order valence-electron chi connectivity index (χ2n) is 17.2. The van der Waals surface area contributed by atoms with Gasteiger partial charge in [-0.25, -0.2) is 0 Å². The first kappa shape index (κ1) is 56.8. The molecule has 0 saturated heterocycles. The number of allylic oxidation sites excluding steroid dienone is 11. The van der Waals surface area contributed by atoms with Gasteiger partial charge in [-0.05, 0) is 70.6 Å². The molecule has 342 valence electrons. The Kier molecular flexibility index (Phi) is 48.3. The monoisotopic (exact) mass is 822 g/mol. The van der Waals surface area contributed by atoms with Crippen LogP contribution in [0.4, 0.5) is 0 Å². The molecule has 4 heteroatoms. The van der Waals surface area contributed by atoms with E-state index in [0.717, 1.165) is 57.8 Å². The summed E-state index contributed by atoms with van der Waals surface area (Å²) >= 11 is 0. The van der Waals surface area contributed by atoms with Gasteiger partial charge >= 0.3 is 0 Å². The molecule has 0 aromatic rings. The number of aliphatic hydroxyl groups excluding tert-OH is 2. The largest absolute Gasteiger partial charge is 0.394 e. The molecular weight excluding hydrogens is 723 g/mol. The maximum Gasteiger partial charge on any atom is 0.220 e. The number of amides is 1. The fraction of sp³-hybridized carbons (Fsp3) is 0.764. The van der Waals surface area contributed by atoms with Crippen LogP contribution >= 0.6 is 0 Å². The molecule has 0 fully saturated rings. The molecular formula is C55H99NO3. The average molecular weight is 822 g/mol. The highest BCUT2D eigenvalue weighted by Gasteiger charge is 2.17. The van der Waals surface area contributed by atoms with Crippen molar-refractivity contribution in [2.24, 2.45) is 0 Å². The lowest BCUT2D eigenvalue weighted by atomic mass is 10.0. The van der Waals surface area contributed by atoms with Gasteiger partial charge in [-0.1, -0.05) is 247 Å². The molecule has 0 rings (SSSR count). The van der Waals surface area contributed by atoms with Gasteiger partial charge in [0.05, 0.1) is 18.8 Å². The average Bonchev–Trinajstić information content (AvgIpc) is 3.24. The zero-order chi connectivity index (χ0) is 42.8. The first-order valence-electron chi connectivity index (χ1n) is 25.7. The van der Waals surface area contributed by atoms with Crippen LogP contribution in [0.5, 0.6) is 0 Å². The molecule has 0 spiro atoms. The Morgan fingerprint density at radius 2 is 0.763 bits per heavy atom. The van der Waals surface area contributed by atoms with Crippen molar-refractivity contribution in [2.75, 3.05) is 6.61 Å². The fourth-order valence-corrected chi connectivity index (χ4v) is 7.54. The highest BCUT2D eigenvalue weighted by Crippen LogP contribution is 2.16. The number of aliphatic hydroxyl groups is 2. The van der Waals surface area contributed by atoms with Gasteiger partial charge in [-0.2, -0.15) is 0 Å². The summed E-state index contributed by atoms with van der Waals surface area (Å²) in [5.41, 5.74) is 0. The minimum Gasteiger partial charge on any atom is -0.394 e. The number of carbonyl (C=O) groups excluding carboxylic acids is 1. The van der Waals surface area contributed by atoms with Gasteiger partial charge in [0.25, 0.3) is 0 Å². The summed E-state index contributed by atoms with van der Waals surface area (Å²) in [6, 6.07) is -0.641. The number of hydrogen-bond donors (Lipinski definition) is 3. The molecule has 2 atom stereocenters. The van der Waals surface area contributed by atoms with Crippen molar-refractivity contribution in [1.82, 2.24) is 5.32 Å². The van der Waals surface area contributed by atoms with Crippen LogP contribution in [0.3, 0.4) is 0 Å². The normalized spacial score (nSPS) is 13.5. The third-order valence-electron chi connectivity index (χ3n) is 11.4. The molecule has 2 unspecified atom stereocenters. The first-order valence-corrected chi connectivity index (χ1v) is 25.7. The highest BCUT2D eigenvalue weighted by molar-refractivity contribution is 5.76. The second kappa shape index (κ2) is 50.2. The Bertz CT molecular complexity index is 1020. The zero-order valence-electron chi connectivity index (χ0n) is 39.3. The summed E-state index contributed by atoms with van der Waals surface area (Å²) < 4.78 is 0. The SMILES string of the molecule is CC/C=C\C/C=C\C/C=C\C/C=C\CCCCCCCCCCCCCCCCCCC(=O)NC(CO)C(O)/C=C/CC/C=C/CCCCCCCCCCCCCC. The van der Waals surface area contributed by atoms with E-state index in [-0.39, 0.29) is 12.5 Å². The molecule has 0 radical (unpaired) electrons. The van der Waals surface area contributed by atoms with Crippen molar-refractivity contribution in [3.8, 4) is 0 Å². The predicted molar refractivity (Wildman–Crippen MR) is 262 cm³/mol. The van der Waals surface area contributed by atoms with E-state index in [9.17, 15) is 15.0 Å². The van der Waals surface area contributed by atoms with Crippen molar-refractivity contribution in [3.63, 3.8) is 0 Å². The van der Waals surface area contributed by atoms with Gasteiger partial charge in [0.2, 0.25) is 5.91 Å². The number of carbonyl (C=O) groups is 1. The third-order valence-corrected chi connectivity index (χ3v) is 11.4. The molecule has 0 aliphatic rings. The van der Waals surface area contributed by atoms with Crippen LogP contribution in [0.25, 0.3) is 0 Å². The number of nitrogens with one attached hydrogen (secondary N) is 1. The van der Waals surface area contributed by atoms with Crippen molar-refractivity contribution >= 4 is 5.91 Å². The van der Waals surface area contributed by atoms with E-state index < -0.39 is 12.1 Å². The van der Waals surface area contributed by atoms with E-state index in [1.807, 2.05) is 6.08 Å². The van der Waals surface area contributed by atoms with Crippen LogP contribution in [0.2, 0.25) is 0 Å². The molecule has 0 aliphatic heterocycles. The lowest BCUT2D eigenvalue weighted by Gasteiger charge is -2.19. The van der Waals surface area contributed by atoms with E-state index >= 15 is 0 Å². The summed E-state index contributed by atoms with van der Waals surface area (Å²) in [7, 11) is 0. The standard InChI is InChI=1S/C55H99NO3/c1-3-5-7-9-11-13-15-17-19-21-23-24-25-26-27-28-29-30-31-32-33-35-37-39-41-43-45-47-49-51-55(59)56-53(52-57)54(58)50-48-46-44-42-40-38-36-34-22-20-18-16-14-12-10-8-6-4-2/h5,7,11,13,17,19,23-24,40,42,48,50,53-54,57-58H,3-4,6,8-10,12,14-16,18,20-22,25-39,41,43-47,49,51-52H2,1-2H3,(H,56,59)/b7-5-,13-11-,19-17-,24-23-,42-40+,50-48+. The van der Waals surface area contributed by atoms with Crippen LogP contribution < -0.4 is 5.32 Å². The topological polar surface area (TPSA) is 69.6 Å². The smallest absolute Gasteiger partial charge is 0.220 e. The molecule has 4 nitrogen and oxygen atoms in total. The molecule has 1 amide bonds. The minimum absolute atomic E-state index is 0.0741. The van der Waals surface area contributed by atoms with Gasteiger partial charge in [0, 0.05) is 6.42 Å². The molecule has 0 aromatic carbocycles. The maximum atomic E-state index is 12.4. The Balaban J connectivity index is 3.54. The van der Waals surface area contributed by atoms with Crippen molar-refractivity contribution in [1.29, 1.82) is 0 Å². The van der Waals surface area contributed by atoms with E-state index in [2.05, 4.69) is 79.9 Å². The Morgan fingerprint density at radius 1 is 0.424 bits per heavy atom. The van der Waals surface area contributed by atoms with Crippen molar-refractivity contribution in [2.45, 2.75) is 264 Å². The summed E-state index contributed by atoms with van der Waals surface area (Å²) in [5.74, 6) is -0.0741. The van der Waals surface area contributed by atoms with Gasteiger partial charge < -0.3 is 15.5 Å². The minimum atomic E-state index is -0.864. The Morgan fingerprint density at radius 3 is 1.19 bits per heavy atom. The first-order chi connectivity index (χ1) is 29.2. The van der Waals surface area contributed by atoms with Gasteiger partial charge in [-0.3, -0.25) is 4.79 Å². The van der Waals surface area contributed by atoms with Gasteiger partial charge in [0.1, 0.15) is 0 Å². The molecule has 0 heterocycles.